The highest BCUT2D eigenvalue weighted by atomic mass is 35.5. The number of nitrogens with two attached hydrogens (primary N) is 1. The SMILES string of the molecule is Cl.Nc1[nH]c(=O)ccc1-c1ccccc1. The van der Waals surface area contributed by atoms with E-state index in [4.69, 9.17) is 5.73 Å². The second-order valence-corrected chi connectivity index (χ2v) is 3.02. The third-order valence-corrected chi connectivity index (χ3v) is 2.03. The second kappa shape index (κ2) is 4.66. The number of rotatable bonds is 1. The van der Waals surface area contributed by atoms with Gasteiger partial charge in [0.1, 0.15) is 5.82 Å². The number of hydrogen-bond acceptors (Lipinski definition) is 2. The lowest BCUT2D eigenvalue weighted by Gasteiger charge is -2.03. The lowest BCUT2D eigenvalue weighted by atomic mass is 10.1. The standard InChI is InChI=1S/C11H10N2O.ClH/c12-11-9(6-7-10(14)13-11)8-4-2-1-3-5-8;/h1-7H,(H3,12,13,14);1H. The summed E-state index contributed by atoms with van der Waals surface area (Å²) in [6.45, 7) is 0. The second-order valence-electron chi connectivity index (χ2n) is 3.02. The number of nitrogens with one attached hydrogen (secondary N) is 1. The summed E-state index contributed by atoms with van der Waals surface area (Å²) in [4.78, 5) is 13.5. The first-order valence-corrected chi connectivity index (χ1v) is 4.31. The molecule has 0 spiro atoms. The number of aromatic amines is 1. The summed E-state index contributed by atoms with van der Waals surface area (Å²) in [7, 11) is 0. The minimum Gasteiger partial charge on any atom is -0.385 e. The minimum absolute atomic E-state index is 0. The molecule has 0 saturated carbocycles. The predicted molar refractivity (Wildman–Crippen MR) is 64.2 cm³/mol. The zero-order valence-electron chi connectivity index (χ0n) is 7.94. The van der Waals surface area contributed by atoms with E-state index in [0.717, 1.165) is 11.1 Å². The van der Waals surface area contributed by atoms with Crippen LogP contribution in [0, 0.1) is 0 Å². The molecular formula is C11H11ClN2O. The molecule has 0 aliphatic rings. The topological polar surface area (TPSA) is 58.9 Å². The average molecular weight is 223 g/mol. The Balaban J connectivity index is 0.00000112. The van der Waals surface area contributed by atoms with Crippen molar-refractivity contribution in [3.8, 4) is 11.1 Å². The summed E-state index contributed by atoms with van der Waals surface area (Å²) in [6, 6.07) is 12.9. The fourth-order valence-corrected chi connectivity index (χ4v) is 1.36. The molecular weight excluding hydrogens is 212 g/mol. The summed E-state index contributed by atoms with van der Waals surface area (Å²) >= 11 is 0. The molecule has 0 atom stereocenters. The number of pyridine rings is 1. The first-order chi connectivity index (χ1) is 6.77. The maximum absolute atomic E-state index is 10.9. The molecule has 1 aromatic heterocycles. The van der Waals surface area contributed by atoms with E-state index in [2.05, 4.69) is 4.98 Å². The van der Waals surface area contributed by atoms with Crippen LogP contribution >= 0.6 is 12.4 Å². The van der Waals surface area contributed by atoms with Crippen molar-refractivity contribution in [2.75, 3.05) is 5.73 Å². The van der Waals surface area contributed by atoms with Crippen molar-refractivity contribution in [2.24, 2.45) is 0 Å². The number of H-pyrrole nitrogens is 1. The van der Waals surface area contributed by atoms with Gasteiger partial charge >= 0.3 is 0 Å². The van der Waals surface area contributed by atoms with Crippen molar-refractivity contribution >= 4 is 18.2 Å². The van der Waals surface area contributed by atoms with Crippen molar-refractivity contribution in [2.45, 2.75) is 0 Å². The van der Waals surface area contributed by atoms with Gasteiger partial charge in [-0.15, -0.1) is 12.4 Å². The van der Waals surface area contributed by atoms with E-state index in [-0.39, 0.29) is 18.0 Å². The number of halogens is 1. The average Bonchev–Trinajstić information content (AvgIpc) is 2.19. The molecule has 0 saturated heterocycles. The Morgan fingerprint density at radius 3 is 2.27 bits per heavy atom. The summed E-state index contributed by atoms with van der Waals surface area (Å²) in [5.41, 5.74) is 7.37. The van der Waals surface area contributed by atoms with Crippen molar-refractivity contribution in [3.63, 3.8) is 0 Å². The normalized spacial score (nSPS) is 9.33. The van der Waals surface area contributed by atoms with Crippen LogP contribution in [0.25, 0.3) is 11.1 Å². The van der Waals surface area contributed by atoms with Gasteiger partial charge in [-0.1, -0.05) is 30.3 Å². The first kappa shape index (κ1) is 11.3. The van der Waals surface area contributed by atoms with Crippen LogP contribution in [0.3, 0.4) is 0 Å². The van der Waals surface area contributed by atoms with Gasteiger partial charge in [0.15, 0.2) is 0 Å². The maximum Gasteiger partial charge on any atom is 0.249 e. The van der Waals surface area contributed by atoms with Crippen LogP contribution in [0.4, 0.5) is 5.82 Å². The monoisotopic (exact) mass is 222 g/mol. The molecule has 4 heteroatoms. The van der Waals surface area contributed by atoms with E-state index in [1.807, 2.05) is 30.3 Å². The van der Waals surface area contributed by atoms with E-state index in [1.165, 1.54) is 6.07 Å². The van der Waals surface area contributed by atoms with E-state index < -0.39 is 0 Å². The Bertz CT molecular complexity index is 493. The molecule has 0 aliphatic heterocycles. The van der Waals surface area contributed by atoms with Gasteiger partial charge in [-0.2, -0.15) is 0 Å². The summed E-state index contributed by atoms with van der Waals surface area (Å²) in [5.74, 6) is 0.406. The molecule has 0 aliphatic carbocycles. The van der Waals surface area contributed by atoms with Crippen molar-refractivity contribution in [1.82, 2.24) is 4.98 Å². The van der Waals surface area contributed by atoms with Gasteiger partial charge in [0.05, 0.1) is 0 Å². The van der Waals surface area contributed by atoms with Crippen molar-refractivity contribution in [3.05, 3.63) is 52.8 Å². The van der Waals surface area contributed by atoms with Gasteiger partial charge in [0.25, 0.3) is 0 Å². The van der Waals surface area contributed by atoms with Gasteiger partial charge in [0, 0.05) is 11.6 Å². The van der Waals surface area contributed by atoms with Gasteiger partial charge in [-0.25, -0.2) is 0 Å². The third kappa shape index (κ3) is 2.39. The molecule has 1 heterocycles. The zero-order valence-corrected chi connectivity index (χ0v) is 8.75. The smallest absolute Gasteiger partial charge is 0.249 e. The molecule has 15 heavy (non-hydrogen) atoms. The fourth-order valence-electron chi connectivity index (χ4n) is 1.36. The van der Waals surface area contributed by atoms with Crippen molar-refractivity contribution < 1.29 is 0 Å². The summed E-state index contributed by atoms with van der Waals surface area (Å²) in [5, 5.41) is 0. The molecule has 78 valence electrons. The third-order valence-electron chi connectivity index (χ3n) is 2.03. The van der Waals surface area contributed by atoms with Crippen LogP contribution < -0.4 is 11.3 Å². The number of anilines is 1. The fraction of sp³-hybridized carbons (Fsp3) is 0. The van der Waals surface area contributed by atoms with Crippen LogP contribution in [0.5, 0.6) is 0 Å². The Morgan fingerprint density at radius 2 is 1.67 bits per heavy atom. The molecule has 0 amide bonds. The highest BCUT2D eigenvalue weighted by molar-refractivity contribution is 5.85. The number of nitrogen functional groups attached to an aromatic ring is 1. The molecule has 1 aromatic carbocycles. The van der Waals surface area contributed by atoms with Crippen molar-refractivity contribution in [1.29, 1.82) is 0 Å². The summed E-state index contributed by atoms with van der Waals surface area (Å²) in [6.07, 6.45) is 0. The van der Waals surface area contributed by atoms with E-state index in [9.17, 15) is 4.79 Å². The van der Waals surface area contributed by atoms with Gasteiger partial charge < -0.3 is 10.7 Å². The molecule has 0 bridgehead atoms. The molecule has 0 unspecified atom stereocenters. The Labute approximate surface area is 93.4 Å². The molecule has 2 rings (SSSR count). The predicted octanol–water partition coefficient (Wildman–Crippen LogP) is 2.05. The van der Waals surface area contributed by atoms with Crippen LogP contribution in [0.2, 0.25) is 0 Å². The highest BCUT2D eigenvalue weighted by Crippen LogP contribution is 2.21. The number of hydrogen-bond donors (Lipinski definition) is 2. The lowest BCUT2D eigenvalue weighted by molar-refractivity contribution is 1.25. The van der Waals surface area contributed by atoms with Crippen LogP contribution in [-0.2, 0) is 0 Å². The van der Waals surface area contributed by atoms with Crippen LogP contribution in [0.15, 0.2) is 47.3 Å². The Kier molecular flexibility index (Phi) is 3.52. The van der Waals surface area contributed by atoms with Gasteiger partial charge in [-0.05, 0) is 11.6 Å². The molecule has 3 nitrogen and oxygen atoms in total. The van der Waals surface area contributed by atoms with E-state index in [0.29, 0.717) is 5.82 Å². The van der Waals surface area contributed by atoms with E-state index >= 15 is 0 Å². The van der Waals surface area contributed by atoms with Gasteiger partial charge in [0.2, 0.25) is 5.56 Å². The molecule has 0 radical (unpaired) electrons. The Hall–Kier alpha value is -1.74. The van der Waals surface area contributed by atoms with Crippen LogP contribution in [-0.4, -0.2) is 4.98 Å². The van der Waals surface area contributed by atoms with Crippen LogP contribution in [0.1, 0.15) is 0 Å². The zero-order chi connectivity index (χ0) is 9.97. The highest BCUT2D eigenvalue weighted by Gasteiger charge is 2.01. The minimum atomic E-state index is -0.179. The summed E-state index contributed by atoms with van der Waals surface area (Å²) < 4.78 is 0. The first-order valence-electron chi connectivity index (χ1n) is 4.31. The van der Waals surface area contributed by atoms with E-state index in [1.54, 1.807) is 6.07 Å². The molecule has 0 fully saturated rings. The largest absolute Gasteiger partial charge is 0.385 e. The lowest BCUT2D eigenvalue weighted by Crippen LogP contribution is -2.07. The molecule has 2 aromatic rings. The number of benzene rings is 1. The maximum atomic E-state index is 10.9. The number of aromatic nitrogens is 1. The quantitative estimate of drug-likeness (QED) is 0.776. The molecule has 3 N–H and O–H groups in total. The Morgan fingerprint density at radius 1 is 1.00 bits per heavy atom. The van der Waals surface area contributed by atoms with Gasteiger partial charge in [-0.3, -0.25) is 4.79 Å².